The molecule has 0 radical (unpaired) electrons. The Hall–Kier alpha value is -0.780. The minimum atomic E-state index is -3.59. The number of nitrogens with two attached hydrogens (primary N) is 1. The molecule has 0 saturated heterocycles. The summed E-state index contributed by atoms with van der Waals surface area (Å²) in [6.07, 6.45) is 5.35. The van der Waals surface area contributed by atoms with Gasteiger partial charge >= 0.3 is 0 Å². The van der Waals surface area contributed by atoms with Gasteiger partial charge in [-0.15, -0.1) is 0 Å². The van der Waals surface area contributed by atoms with Crippen LogP contribution in [0.25, 0.3) is 0 Å². The molecule has 0 amide bonds. The Balaban J connectivity index is 2.21. The average Bonchev–Trinajstić information content (AvgIpc) is 2.54. The van der Waals surface area contributed by atoms with Crippen molar-refractivity contribution >= 4 is 27.3 Å². The number of anilines is 1. The monoisotopic (exact) mass is 316 g/mol. The predicted octanol–water partition coefficient (Wildman–Crippen LogP) is 3.17. The largest absolute Gasteiger partial charge is 0.398 e. The lowest BCUT2D eigenvalue weighted by atomic mass is 9.98. The summed E-state index contributed by atoms with van der Waals surface area (Å²) in [5.74, 6) is 0.348. The fraction of sp³-hybridized carbons (Fsp3) is 0.571. The molecule has 112 valence electrons. The van der Waals surface area contributed by atoms with Crippen molar-refractivity contribution in [1.82, 2.24) is 4.72 Å². The van der Waals surface area contributed by atoms with Gasteiger partial charge in [-0.3, -0.25) is 0 Å². The van der Waals surface area contributed by atoms with E-state index in [0.29, 0.717) is 10.9 Å². The molecule has 0 spiro atoms. The Morgan fingerprint density at radius 1 is 1.25 bits per heavy atom. The van der Waals surface area contributed by atoms with Crippen LogP contribution in [0.4, 0.5) is 5.69 Å². The van der Waals surface area contributed by atoms with Gasteiger partial charge in [0.15, 0.2) is 0 Å². The van der Waals surface area contributed by atoms with Crippen LogP contribution in [0.5, 0.6) is 0 Å². The maximum Gasteiger partial charge on any atom is 0.242 e. The number of halogens is 1. The third kappa shape index (κ3) is 3.65. The van der Waals surface area contributed by atoms with E-state index in [4.69, 9.17) is 17.3 Å². The smallest absolute Gasteiger partial charge is 0.242 e. The summed E-state index contributed by atoms with van der Waals surface area (Å²) >= 11 is 5.81. The van der Waals surface area contributed by atoms with E-state index < -0.39 is 10.0 Å². The first-order valence-corrected chi connectivity index (χ1v) is 8.83. The van der Waals surface area contributed by atoms with E-state index >= 15 is 0 Å². The standard InChI is InChI=1S/C14H21ClN2O2S/c1-10-5-3-2-4-6-13(10)17-20(18,19)14-8-7-11(15)9-12(14)16/h7-10,13,17H,2-6,16H2,1H3. The van der Waals surface area contributed by atoms with Gasteiger partial charge in [-0.1, -0.05) is 37.8 Å². The minimum absolute atomic E-state index is 0.0161. The van der Waals surface area contributed by atoms with Crippen molar-refractivity contribution < 1.29 is 8.42 Å². The van der Waals surface area contributed by atoms with Crippen LogP contribution < -0.4 is 10.5 Å². The quantitative estimate of drug-likeness (QED) is 0.664. The van der Waals surface area contributed by atoms with Gasteiger partial charge in [0.1, 0.15) is 4.90 Å². The van der Waals surface area contributed by atoms with Crippen molar-refractivity contribution in [2.24, 2.45) is 5.92 Å². The normalized spacial score (nSPS) is 24.3. The minimum Gasteiger partial charge on any atom is -0.398 e. The van der Waals surface area contributed by atoms with Crippen LogP contribution in [0, 0.1) is 5.92 Å². The molecule has 3 N–H and O–H groups in total. The fourth-order valence-corrected chi connectivity index (χ4v) is 4.37. The summed E-state index contributed by atoms with van der Waals surface area (Å²) in [7, 11) is -3.59. The molecule has 2 unspecified atom stereocenters. The van der Waals surface area contributed by atoms with E-state index in [-0.39, 0.29) is 16.6 Å². The van der Waals surface area contributed by atoms with E-state index in [1.54, 1.807) is 6.07 Å². The summed E-state index contributed by atoms with van der Waals surface area (Å²) in [5, 5.41) is 0.435. The Bertz CT molecular complexity index is 575. The number of sulfonamides is 1. The van der Waals surface area contributed by atoms with E-state index in [0.717, 1.165) is 19.3 Å². The van der Waals surface area contributed by atoms with E-state index in [2.05, 4.69) is 11.6 Å². The van der Waals surface area contributed by atoms with Gasteiger partial charge < -0.3 is 5.73 Å². The van der Waals surface area contributed by atoms with Crippen LogP contribution in [0.1, 0.15) is 39.0 Å². The highest BCUT2D eigenvalue weighted by molar-refractivity contribution is 7.89. The Labute approximate surface area is 125 Å². The van der Waals surface area contributed by atoms with Gasteiger partial charge in [-0.2, -0.15) is 0 Å². The summed E-state index contributed by atoms with van der Waals surface area (Å²) in [5.41, 5.74) is 5.96. The average molecular weight is 317 g/mol. The number of rotatable bonds is 3. The molecule has 1 aromatic carbocycles. The summed E-state index contributed by atoms with van der Waals surface area (Å²) in [6.45, 7) is 2.10. The van der Waals surface area contributed by atoms with Crippen LogP contribution in [0.2, 0.25) is 5.02 Å². The third-order valence-electron chi connectivity index (χ3n) is 3.93. The van der Waals surface area contributed by atoms with Crippen molar-refractivity contribution in [3.05, 3.63) is 23.2 Å². The van der Waals surface area contributed by atoms with Crippen LogP contribution in [-0.2, 0) is 10.0 Å². The van der Waals surface area contributed by atoms with Crippen molar-refractivity contribution in [2.45, 2.75) is 50.0 Å². The number of benzene rings is 1. The van der Waals surface area contributed by atoms with E-state index in [1.807, 2.05) is 0 Å². The second kappa shape index (κ2) is 6.33. The van der Waals surface area contributed by atoms with Crippen LogP contribution in [0.15, 0.2) is 23.1 Å². The highest BCUT2D eigenvalue weighted by Gasteiger charge is 2.26. The first kappa shape index (κ1) is 15.6. The maximum absolute atomic E-state index is 12.5. The lowest BCUT2D eigenvalue weighted by Crippen LogP contribution is -2.39. The molecule has 2 atom stereocenters. The zero-order chi connectivity index (χ0) is 14.8. The first-order chi connectivity index (χ1) is 9.40. The number of nitrogens with one attached hydrogen (secondary N) is 1. The summed E-state index contributed by atoms with van der Waals surface area (Å²) in [4.78, 5) is 0.110. The molecule has 6 heteroatoms. The molecule has 0 heterocycles. The maximum atomic E-state index is 12.5. The lowest BCUT2D eigenvalue weighted by molar-refractivity contribution is 0.399. The molecule has 1 aliphatic rings. The Morgan fingerprint density at radius 3 is 2.65 bits per heavy atom. The molecule has 2 rings (SSSR count). The van der Waals surface area contributed by atoms with Crippen molar-refractivity contribution in [3.63, 3.8) is 0 Å². The van der Waals surface area contributed by atoms with Crippen molar-refractivity contribution in [1.29, 1.82) is 0 Å². The van der Waals surface area contributed by atoms with Gasteiger partial charge in [-0.25, -0.2) is 13.1 Å². The number of hydrogen-bond donors (Lipinski definition) is 2. The van der Waals surface area contributed by atoms with Gasteiger partial charge in [0.25, 0.3) is 0 Å². The Kier molecular flexibility index (Phi) is 4.94. The second-order valence-electron chi connectivity index (χ2n) is 5.53. The molecule has 0 aliphatic heterocycles. The molecule has 1 aromatic rings. The van der Waals surface area contributed by atoms with Crippen LogP contribution in [0.3, 0.4) is 0 Å². The van der Waals surface area contributed by atoms with Crippen LogP contribution >= 0.6 is 11.6 Å². The molecular weight excluding hydrogens is 296 g/mol. The molecule has 1 saturated carbocycles. The second-order valence-corrected chi connectivity index (χ2v) is 7.64. The van der Waals surface area contributed by atoms with Crippen molar-refractivity contribution in [2.75, 3.05) is 5.73 Å². The van der Waals surface area contributed by atoms with E-state index in [1.165, 1.54) is 25.0 Å². The highest BCUT2D eigenvalue weighted by Crippen LogP contribution is 2.27. The predicted molar refractivity (Wildman–Crippen MR) is 82.2 cm³/mol. The molecule has 0 aromatic heterocycles. The van der Waals surface area contributed by atoms with Gasteiger partial charge in [0, 0.05) is 11.1 Å². The SMILES string of the molecule is CC1CCCCCC1NS(=O)(=O)c1ccc(Cl)cc1N. The van der Waals surface area contributed by atoms with Gasteiger partial charge in [0.05, 0.1) is 5.69 Å². The van der Waals surface area contributed by atoms with Gasteiger partial charge in [0.2, 0.25) is 10.0 Å². The zero-order valence-electron chi connectivity index (χ0n) is 11.6. The summed E-state index contributed by atoms with van der Waals surface area (Å²) in [6, 6.07) is 4.45. The molecular formula is C14H21ClN2O2S. The molecule has 20 heavy (non-hydrogen) atoms. The van der Waals surface area contributed by atoms with Crippen molar-refractivity contribution in [3.8, 4) is 0 Å². The lowest BCUT2D eigenvalue weighted by Gasteiger charge is -2.23. The molecule has 1 fully saturated rings. The van der Waals surface area contributed by atoms with Crippen LogP contribution in [-0.4, -0.2) is 14.5 Å². The third-order valence-corrected chi connectivity index (χ3v) is 5.73. The Morgan fingerprint density at radius 2 is 1.95 bits per heavy atom. The van der Waals surface area contributed by atoms with E-state index in [9.17, 15) is 8.42 Å². The summed E-state index contributed by atoms with van der Waals surface area (Å²) < 4.78 is 27.7. The number of hydrogen-bond acceptors (Lipinski definition) is 3. The molecule has 4 nitrogen and oxygen atoms in total. The zero-order valence-corrected chi connectivity index (χ0v) is 13.2. The molecule has 1 aliphatic carbocycles. The fourth-order valence-electron chi connectivity index (χ4n) is 2.69. The van der Waals surface area contributed by atoms with Gasteiger partial charge in [-0.05, 0) is 37.0 Å². The molecule has 0 bridgehead atoms. The highest BCUT2D eigenvalue weighted by atomic mass is 35.5. The number of nitrogen functional groups attached to an aromatic ring is 1. The first-order valence-electron chi connectivity index (χ1n) is 6.97. The topological polar surface area (TPSA) is 72.2 Å².